The summed E-state index contributed by atoms with van der Waals surface area (Å²) in [7, 11) is 0. The number of aromatic amines is 1. The van der Waals surface area contributed by atoms with Crippen molar-refractivity contribution in [2.75, 3.05) is 6.61 Å². The van der Waals surface area contributed by atoms with Crippen molar-refractivity contribution in [2.24, 2.45) is 0 Å². The highest BCUT2D eigenvalue weighted by Crippen LogP contribution is 2.31. The molecule has 0 spiro atoms. The van der Waals surface area contributed by atoms with Gasteiger partial charge < -0.3 is 4.74 Å². The molecule has 4 rings (SSSR count). The lowest BCUT2D eigenvalue weighted by atomic mass is 10.1. The first-order valence-corrected chi connectivity index (χ1v) is 6.87. The zero-order chi connectivity index (χ0) is 13.7. The highest BCUT2D eigenvalue weighted by molar-refractivity contribution is 9.10. The normalized spacial score (nSPS) is 17.1. The Morgan fingerprint density at radius 2 is 2.10 bits per heavy atom. The van der Waals surface area contributed by atoms with Crippen LogP contribution in [0.2, 0.25) is 0 Å². The third-order valence-corrected chi connectivity index (χ3v) is 3.95. The number of nitrogens with one attached hydrogen (secondary N) is 1. The van der Waals surface area contributed by atoms with E-state index in [2.05, 4.69) is 30.9 Å². The first kappa shape index (κ1) is 11.7. The van der Waals surface area contributed by atoms with Crippen molar-refractivity contribution in [3.05, 3.63) is 51.1 Å². The topological polar surface area (TPSA) is 72.8 Å². The van der Waals surface area contributed by atoms with Gasteiger partial charge in [-0.25, -0.2) is 9.78 Å². The number of benzene rings is 1. The average molecular weight is 333 g/mol. The van der Waals surface area contributed by atoms with Crippen molar-refractivity contribution >= 4 is 27.1 Å². The maximum absolute atomic E-state index is 12.2. The number of halogens is 1. The minimum atomic E-state index is -0.196. The van der Waals surface area contributed by atoms with Gasteiger partial charge in [-0.2, -0.15) is 4.98 Å². The van der Waals surface area contributed by atoms with E-state index in [0.29, 0.717) is 23.7 Å². The molecule has 0 amide bonds. The van der Waals surface area contributed by atoms with E-state index in [1.54, 1.807) is 4.57 Å². The van der Waals surface area contributed by atoms with Gasteiger partial charge >= 0.3 is 5.69 Å². The summed E-state index contributed by atoms with van der Waals surface area (Å²) in [5.41, 5.74) is 1.93. The highest BCUT2D eigenvalue weighted by atomic mass is 79.9. The SMILES string of the molecule is O=c1[nH]c2ncnc3c2n1C(c1ccc(Br)cc1)CO3. The molecule has 1 unspecified atom stereocenters. The first-order chi connectivity index (χ1) is 9.74. The monoisotopic (exact) mass is 332 g/mol. The zero-order valence-electron chi connectivity index (χ0n) is 10.2. The second-order valence-corrected chi connectivity index (χ2v) is 5.47. The maximum Gasteiger partial charge on any atom is 0.328 e. The maximum atomic E-state index is 12.2. The molecule has 20 heavy (non-hydrogen) atoms. The van der Waals surface area contributed by atoms with Crippen LogP contribution in [0.5, 0.6) is 5.88 Å². The van der Waals surface area contributed by atoms with Gasteiger partial charge in [-0.3, -0.25) is 9.55 Å². The Bertz CT molecular complexity index is 853. The lowest BCUT2D eigenvalue weighted by molar-refractivity contribution is 0.246. The molecule has 3 aromatic rings. The second kappa shape index (κ2) is 4.17. The van der Waals surface area contributed by atoms with Gasteiger partial charge in [0.1, 0.15) is 12.9 Å². The standard InChI is InChI=1S/C13H9BrN4O2/c14-8-3-1-7(2-4-8)9-5-20-12-10-11(15-6-16-12)17-13(19)18(9)10/h1-4,6,9H,5H2,(H,15,16,17,19). The van der Waals surface area contributed by atoms with Crippen LogP contribution in [0.15, 0.2) is 39.9 Å². The molecular weight excluding hydrogens is 324 g/mol. The second-order valence-electron chi connectivity index (χ2n) is 4.55. The molecule has 1 N–H and O–H groups in total. The summed E-state index contributed by atoms with van der Waals surface area (Å²) in [6, 6.07) is 7.65. The molecule has 2 aromatic heterocycles. The molecular formula is C13H9BrN4O2. The number of hydrogen-bond acceptors (Lipinski definition) is 4. The fourth-order valence-corrected chi connectivity index (χ4v) is 2.76. The van der Waals surface area contributed by atoms with Crippen molar-refractivity contribution in [2.45, 2.75) is 6.04 Å². The minimum absolute atomic E-state index is 0.178. The molecule has 0 aliphatic carbocycles. The number of ether oxygens (including phenoxy) is 1. The van der Waals surface area contributed by atoms with E-state index in [-0.39, 0.29) is 11.7 Å². The Kier molecular flexibility index (Phi) is 2.43. The van der Waals surface area contributed by atoms with Crippen LogP contribution in [0.1, 0.15) is 11.6 Å². The lowest BCUT2D eigenvalue weighted by Crippen LogP contribution is -2.30. The molecule has 0 bridgehead atoms. The summed E-state index contributed by atoms with van der Waals surface area (Å²) >= 11 is 3.41. The molecule has 0 fully saturated rings. The number of aromatic nitrogens is 4. The van der Waals surface area contributed by atoms with E-state index >= 15 is 0 Å². The van der Waals surface area contributed by atoms with Gasteiger partial charge in [-0.05, 0) is 17.7 Å². The van der Waals surface area contributed by atoms with Gasteiger partial charge in [0.2, 0.25) is 5.88 Å². The van der Waals surface area contributed by atoms with Gasteiger partial charge in [-0.15, -0.1) is 0 Å². The average Bonchev–Trinajstić information content (AvgIpc) is 2.80. The Morgan fingerprint density at radius 3 is 2.90 bits per heavy atom. The summed E-state index contributed by atoms with van der Waals surface area (Å²) in [6.07, 6.45) is 1.39. The first-order valence-electron chi connectivity index (χ1n) is 6.07. The minimum Gasteiger partial charge on any atom is -0.473 e. The largest absolute Gasteiger partial charge is 0.473 e. The smallest absolute Gasteiger partial charge is 0.328 e. The van der Waals surface area contributed by atoms with E-state index in [4.69, 9.17) is 4.74 Å². The summed E-state index contributed by atoms with van der Waals surface area (Å²) in [5, 5.41) is 0. The van der Waals surface area contributed by atoms with Crippen LogP contribution < -0.4 is 10.4 Å². The molecule has 0 saturated carbocycles. The molecule has 1 atom stereocenters. The van der Waals surface area contributed by atoms with Crippen LogP contribution in [0.25, 0.3) is 11.2 Å². The molecule has 1 aliphatic rings. The molecule has 1 aliphatic heterocycles. The van der Waals surface area contributed by atoms with E-state index in [1.807, 2.05) is 24.3 Å². The highest BCUT2D eigenvalue weighted by Gasteiger charge is 2.28. The fraction of sp³-hybridized carbons (Fsp3) is 0.154. The van der Waals surface area contributed by atoms with Crippen molar-refractivity contribution in [1.82, 2.24) is 19.5 Å². The van der Waals surface area contributed by atoms with Crippen LogP contribution in [0.4, 0.5) is 0 Å². The molecule has 7 heteroatoms. The van der Waals surface area contributed by atoms with Crippen LogP contribution in [0, 0.1) is 0 Å². The third-order valence-electron chi connectivity index (χ3n) is 3.42. The van der Waals surface area contributed by atoms with Crippen LogP contribution >= 0.6 is 15.9 Å². The summed E-state index contributed by atoms with van der Waals surface area (Å²) in [5.74, 6) is 0.446. The summed E-state index contributed by atoms with van der Waals surface area (Å²) in [4.78, 5) is 23.1. The van der Waals surface area contributed by atoms with Crippen LogP contribution in [-0.2, 0) is 0 Å². The Balaban J connectivity index is 1.97. The van der Waals surface area contributed by atoms with Crippen LogP contribution in [-0.4, -0.2) is 26.1 Å². The summed E-state index contributed by atoms with van der Waals surface area (Å²) < 4.78 is 8.32. The molecule has 0 radical (unpaired) electrons. The van der Waals surface area contributed by atoms with E-state index < -0.39 is 0 Å². The van der Waals surface area contributed by atoms with Crippen LogP contribution in [0.3, 0.4) is 0 Å². The Hall–Kier alpha value is -2.15. The number of rotatable bonds is 1. The number of hydrogen-bond donors (Lipinski definition) is 1. The quantitative estimate of drug-likeness (QED) is 0.738. The van der Waals surface area contributed by atoms with Crippen molar-refractivity contribution in [1.29, 1.82) is 0 Å². The van der Waals surface area contributed by atoms with E-state index in [0.717, 1.165) is 10.0 Å². The third kappa shape index (κ3) is 1.59. The molecule has 6 nitrogen and oxygen atoms in total. The number of H-pyrrole nitrogens is 1. The van der Waals surface area contributed by atoms with E-state index in [1.165, 1.54) is 6.33 Å². The number of imidazole rings is 1. The Morgan fingerprint density at radius 1 is 1.30 bits per heavy atom. The fourth-order valence-electron chi connectivity index (χ4n) is 2.50. The van der Waals surface area contributed by atoms with Gasteiger partial charge in [0, 0.05) is 4.47 Å². The molecule has 0 saturated heterocycles. The van der Waals surface area contributed by atoms with Crippen molar-refractivity contribution in [3.8, 4) is 5.88 Å². The van der Waals surface area contributed by atoms with Crippen molar-refractivity contribution in [3.63, 3.8) is 0 Å². The number of nitrogens with zero attached hydrogens (tertiary/aromatic N) is 3. The summed E-state index contributed by atoms with van der Waals surface area (Å²) in [6.45, 7) is 0.374. The predicted octanol–water partition coefficient (Wildman–Crippen LogP) is 1.86. The molecule has 100 valence electrons. The lowest BCUT2D eigenvalue weighted by Gasteiger charge is -2.24. The predicted molar refractivity (Wildman–Crippen MR) is 75.9 cm³/mol. The van der Waals surface area contributed by atoms with Gasteiger partial charge in [0.25, 0.3) is 0 Å². The molecule has 1 aromatic carbocycles. The van der Waals surface area contributed by atoms with Gasteiger partial charge in [0.15, 0.2) is 11.2 Å². The van der Waals surface area contributed by atoms with E-state index in [9.17, 15) is 4.79 Å². The van der Waals surface area contributed by atoms with Gasteiger partial charge in [-0.1, -0.05) is 28.1 Å². The van der Waals surface area contributed by atoms with Gasteiger partial charge in [0.05, 0.1) is 6.04 Å². The Labute approximate surface area is 121 Å². The zero-order valence-corrected chi connectivity index (χ0v) is 11.8. The molecule has 3 heterocycles. The van der Waals surface area contributed by atoms with Crippen molar-refractivity contribution < 1.29 is 4.74 Å².